The third-order valence-corrected chi connectivity index (χ3v) is 4.85. The topological polar surface area (TPSA) is 56.6 Å². The van der Waals surface area contributed by atoms with E-state index in [4.69, 9.17) is 9.47 Å². The molecule has 2 atom stereocenters. The zero-order valence-electron chi connectivity index (χ0n) is 14.1. The highest BCUT2D eigenvalue weighted by Crippen LogP contribution is 2.24. The van der Waals surface area contributed by atoms with Crippen molar-refractivity contribution in [2.24, 2.45) is 0 Å². The van der Waals surface area contributed by atoms with Crippen molar-refractivity contribution in [2.75, 3.05) is 26.3 Å². The van der Waals surface area contributed by atoms with Gasteiger partial charge in [0.05, 0.1) is 25.7 Å². The van der Waals surface area contributed by atoms with Crippen LogP contribution in [0.5, 0.6) is 0 Å². The molecule has 1 amide bonds. The van der Waals surface area contributed by atoms with E-state index in [-0.39, 0.29) is 36.1 Å². The molecule has 6 nitrogen and oxygen atoms in total. The van der Waals surface area contributed by atoms with Crippen LogP contribution in [0.2, 0.25) is 0 Å². The predicted octanol–water partition coefficient (Wildman–Crippen LogP) is 1.57. The van der Waals surface area contributed by atoms with Crippen LogP contribution in [0.15, 0.2) is 36.7 Å². The zero-order valence-corrected chi connectivity index (χ0v) is 14.1. The van der Waals surface area contributed by atoms with Gasteiger partial charge in [0.15, 0.2) is 11.6 Å². The molecule has 0 bridgehead atoms. The molecule has 2 fully saturated rings. The first kappa shape index (κ1) is 17.1. The fourth-order valence-electron chi connectivity index (χ4n) is 3.39. The summed E-state index contributed by atoms with van der Waals surface area (Å²) in [6.45, 7) is 1.66. The number of likely N-dealkylation sites (tertiary alicyclic amines) is 1. The molecule has 1 aromatic heterocycles. The van der Waals surface area contributed by atoms with Gasteiger partial charge < -0.3 is 14.4 Å². The van der Waals surface area contributed by atoms with Gasteiger partial charge in [-0.1, -0.05) is 12.1 Å². The van der Waals surface area contributed by atoms with Crippen molar-refractivity contribution in [2.45, 2.75) is 24.7 Å². The summed E-state index contributed by atoms with van der Waals surface area (Å²) < 4.78 is 40.7. The standard InChI is InChI=1S/C18H19F2N3O3/c19-14-4-1-3-12(18(14)20)7-17(24)22-8-15-16(9-22)26-11-13(10-25-15)23-6-2-5-21-23/h1-6,13,15-16H,7-11H2/t15-,16-/m0/s1. The van der Waals surface area contributed by atoms with Crippen molar-refractivity contribution in [3.63, 3.8) is 0 Å². The second-order valence-electron chi connectivity index (χ2n) is 6.57. The Morgan fingerprint density at radius 3 is 2.54 bits per heavy atom. The normalized spacial score (nSPS) is 23.7. The Hall–Kier alpha value is -2.32. The number of carbonyl (C=O) groups is 1. The summed E-state index contributed by atoms with van der Waals surface area (Å²) in [7, 11) is 0. The Morgan fingerprint density at radius 1 is 1.15 bits per heavy atom. The zero-order chi connectivity index (χ0) is 18.1. The molecule has 0 saturated carbocycles. The molecule has 1 aromatic carbocycles. The van der Waals surface area contributed by atoms with E-state index in [9.17, 15) is 13.6 Å². The molecule has 0 unspecified atom stereocenters. The summed E-state index contributed by atoms with van der Waals surface area (Å²) in [5.41, 5.74) is 0.0580. The van der Waals surface area contributed by atoms with E-state index in [0.717, 1.165) is 6.07 Å². The number of carbonyl (C=O) groups excluding carboxylic acids is 1. The second-order valence-corrected chi connectivity index (χ2v) is 6.57. The SMILES string of the molecule is O=C(Cc1cccc(F)c1F)N1C[C@@H]2OCC(n3cccn3)CO[C@H]2C1. The van der Waals surface area contributed by atoms with Crippen LogP contribution in [0.25, 0.3) is 0 Å². The molecule has 2 saturated heterocycles. The highest BCUT2D eigenvalue weighted by molar-refractivity contribution is 5.79. The van der Waals surface area contributed by atoms with Gasteiger partial charge in [-0.2, -0.15) is 5.10 Å². The Labute approximate surface area is 149 Å². The van der Waals surface area contributed by atoms with E-state index >= 15 is 0 Å². The molecular formula is C18H19F2N3O3. The van der Waals surface area contributed by atoms with Crippen LogP contribution >= 0.6 is 0 Å². The molecule has 2 aromatic rings. The summed E-state index contributed by atoms with van der Waals surface area (Å²) >= 11 is 0. The number of fused-ring (bicyclic) bond motifs is 1. The van der Waals surface area contributed by atoms with Gasteiger partial charge in [-0.05, 0) is 12.1 Å². The van der Waals surface area contributed by atoms with Crippen LogP contribution in [0.4, 0.5) is 8.78 Å². The van der Waals surface area contributed by atoms with E-state index in [1.54, 1.807) is 15.8 Å². The van der Waals surface area contributed by atoms with Crippen molar-refractivity contribution >= 4 is 5.91 Å². The van der Waals surface area contributed by atoms with Crippen LogP contribution in [0, 0.1) is 11.6 Å². The number of halogens is 2. The highest BCUT2D eigenvalue weighted by atomic mass is 19.2. The molecule has 3 heterocycles. The Balaban J connectivity index is 1.37. The maximum atomic E-state index is 13.8. The van der Waals surface area contributed by atoms with E-state index in [1.165, 1.54) is 12.1 Å². The lowest BCUT2D eigenvalue weighted by molar-refractivity contribution is -0.130. The number of ether oxygens (including phenoxy) is 2. The summed E-state index contributed by atoms with van der Waals surface area (Å²) in [4.78, 5) is 14.1. The highest BCUT2D eigenvalue weighted by Gasteiger charge is 2.39. The number of amides is 1. The average molecular weight is 363 g/mol. The van der Waals surface area contributed by atoms with Crippen molar-refractivity contribution in [3.05, 3.63) is 53.9 Å². The first-order valence-electron chi connectivity index (χ1n) is 8.55. The smallest absolute Gasteiger partial charge is 0.227 e. The molecule has 0 aliphatic carbocycles. The Kier molecular flexibility index (Phi) is 4.69. The molecule has 4 rings (SSSR count). The number of hydrogen-bond donors (Lipinski definition) is 0. The largest absolute Gasteiger partial charge is 0.371 e. The summed E-state index contributed by atoms with van der Waals surface area (Å²) in [5.74, 6) is -2.18. The van der Waals surface area contributed by atoms with Gasteiger partial charge in [0, 0.05) is 31.0 Å². The molecule has 138 valence electrons. The number of hydrogen-bond acceptors (Lipinski definition) is 4. The fraction of sp³-hybridized carbons (Fsp3) is 0.444. The maximum Gasteiger partial charge on any atom is 0.227 e. The molecule has 26 heavy (non-hydrogen) atoms. The monoisotopic (exact) mass is 363 g/mol. The minimum Gasteiger partial charge on any atom is -0.371 e. The van der Waals surface area contributed by atoms with E-state index in [0.29, 0.717) is 26.3 Å². The van der Waals surface area contributed by atoms with Crippen LogP contribution in [0.3, 0.4) is 0 Å². The van der Waals surface area contributed by atoms with Gasteiger partial charge in [-0.3, -0.25) is 9.48 Å². The van der Waals surface area contributed by atoms with Gasteiger partial charge >= 0.3 is 0 Å². The number of benzene rings is 1. The van der Waals surface area contributed by atoms with E-state index < -0.39 is 11.6 Å². The molecular weight excluding hydrogens is 344 g/mol. The van der Waals surface area contributed by atoms with E-state index in [2.05, 4.69) is 5.10 Å². The van der Waals surface area contributed by atoms with Crippen molar-refractivity contribution < 1.29 is 23.0 Å². The van der Waals surface area contributed by atoms with Crippen LogP contribution in [-0.2, 0) is 20.7 Å². The summed E-state index contributed by atoms with van der Waals surface area (Å²) in [6.07, 6.45) is 2.94. The van der Waals surface area contributed by atoms with Gasteiger partial charge in [0.2, 0.25) is 5.91 Å². The summed E-state index contributed by atoms with van der Waals surface area (Å²) in [6, 6.07) is 5.70. The van der Waals surface area contributed by atoms with Crippen LogP contribution < -0.4 is 0 Å². The number of aromatic nitrogens is 2. The number of rotatable bonds is 3. The van der Waals surface area contributed by atoms with Gasteiger partial charge in [-0.25, -0.2) is 8.78 Å². The second kappa shape index (κ2) is 7.13. The Morgan fingerprint density at radius 2 is 1.88 bits per heavy atom. The first-order valence-corrected chi connectivity index (χ1v) is 8.55. The van der Waals surface area contributed by atoms with Gasteiger partial charge in [0.25, 0.3) is 0 Å². The third kappa shape index (κ3) is 3.34. The third-order valence-electron chi connectivity index (χ3n) is 4.85. The van der Waals surface area contributed by atoms with Gasteiger partial charge in [-0.15, -0.1) is 0 Å². The molecule has 0 spiro atoms. The first-order chi connectivity index (χ1) is 12.6. The van der Waals surface area contributed by atoms with Gasteiger partial charge in [0.1, 0.15) is 12.2 Å². The molecule has 8 heteroatoms. The molecule has 2 aliphatic heterocycles. The lowest BCUT2D eigenvalue weighted by atomic mass is 10.1. The molecule has 2 aliphatic rings. The number of nitrogens with zero attached hydrogens (tertiary/aromatic N) is 3. The predicted molar refractivity (Wildman–Crippen MR) is 87.4 cm³/mol. The van der Waals surface area contributed by atoms with Crippen molar-refractivity contribution in [3.8, 4) is 0 Å². The van der Waals surface area contributed by atoms with Crippen LogP contribution in [-0.4, -0.2) is 59.1 Å². The quantitative estimate of drug-likeness (QED) is 0.831. The van der Waals surface area contributed by atoms with Crippen molar-refractivity contribution in [1.29, 1.82) is 0 Å². The van der Waals surface area contributed by atoms with Crippen LogP contribution in [0.1, 0.15) is 11.6 Å². The minimum absolute atomic E-state index is 0.00106. The lowest BCUT2D eigenvalue weighted by Crippen LogP contribution is -2.32. The maximum absolute atomic E-state index is 13.8. The summed E-state index contributed by atoms with van der Waals surface area (Å²) in [5, 5.41) is 4.21. The molecule has 0 N–H and O–H groups in total. The fourth-order valence-corrected chi connectivity index (χ4v) is 3.39. The lowest BCUT2D eigenvalue weighted by Gasteiger charge is -2.19. The average Bonchev–Trinajstić information content (AvgIpc) is 3.26. The minimum atomic E-state index is -0.969. The molecule has 0 radical (unpaired) electrons. The Bertz CT molecular complexity index is 768. The van der Waals surface area contributed by atoms with E-state index in [1.807, 2.05) is 12.3 Å². The van der Waals surface area contributed by atoms with Crippen molar-refractivity contribution in [1.82, 2.24) is 14.7 Å².